The number of carboxylic acid groups (broad SMARTS) is 1. The fourth-order valence-corrected chi connectivity index (χ4v) is 19.7. The van der Waals surface area contributed by atoms with Crippen molar-refractivity contribution in [3.63, 3.8) is 0 Å². The summed E-state index contributed by atoms with van der Waals surface area (Å²) >= 11 is -1.84. The van der Waals surface area contributed by atoms with E-state index in [0.717, 1.165) is 5.58 Å². The van der Waals surface area contributed by atoms with E-state index in [1.165, 1.54) is 41.0 Å². The maximum absolute atomic E-state index is 8.25. The molecule has 44 heavy (non-hydrogen) atoms. The minimum absolute atomic E-state index is 0.232. The normalized spacial score (nSPS) is 11.5. The van der Waals surface area contributed by atoms with Crippen molar-refractivity contribution in [2.45, 2.75) is 78.0 Å². The Hall–Kier alpha value is -3.31. The van der Waals surface area contributed by atoms with E-state index in [4.69, 9.17) is 14.3 Å². The SMILES string of the molecule is CC(C)([CH2][Sn+]([CH2]C(C)(C)c1ccccc1)[CH2]C(C)(C)c1ccccc1)c1ccccc1.Cc1coc2ccccc12.O=C[O-]. The minimum Gasteiger partial charge on any atom is -0.554 e. The molecule has 3 nitrogen and oxygen atoms in total. The van der Waals surface area contributed by atoms with Gasteiger partial charge in [0.2, 0.25) is 0 Å². The standard InChI is InChI=1S/3C10H13.C9H8O.CH2O2.Sn/c3*1-10(2,3)9-7-5-4-6-8-9;1-7-6-10-9-5-3-2-4-8(7)9;2-1-3;/h3*4-8H,1H2,2-3H3;2-6H,1H3;1H,(H,2,3);/q;;;;;+1/p-1. The Bertz CT molecular complexity index is 1410. The van der Waals surface area contributed by atoms with Crippen LogP contribution in [0.1, 0.15) is 63.8 Å². The Labute approximate surface area is 272 Å². The molecule has 0 fully saturated rings. The van der Waals surface area contributed by atoms with Crippen LogP contribution >= 0.6 is 0 Å². The molecule has 0 unspecified atom stereocenters. The van der Waals surface area contributed by atoms with Crippen molar-refractivity contribution in [3.05, 3.63) is 144 Å². The second kappa shape index (κ2) is 16.1. The third-order valence-corrected chi connectivity index (χ3v) is 20.3. The van der Waals surface area contributed by atoms with Crippen molar-refractivity contribution >= 4 is 37.2 Å². The predicted molar refractivity (Wildman–Crippen MR) is 186 cm³/mol. The van der Waals surface area contributed by atoms with Gasteiger partial charge in [0.15, 0.2) is 0 Å². The number of furan rings is 1. The summed E-state index contributed by atoms with van der Waals surface area (Å²) < 4.78 is 9.39. The van der Waals surface area contributed by atoms with Crippen LogP contribution in [0.3, 0.4) is 0 Å². The average Bonchev–Trinajstić information content (AvgIpc) is 3.39. The van der Waals surface area contributed by atoms with Gasteiger partial charge in [-0.25, -0.2) is 0 Å². The first-order chi connectivity index (χ1) is 20.9. The van der Waals surface area contributed by atoms with Crippen molar-refractivity contribution in [3.8, 4) is 0 Å². The van der Waals surface area contributed by atoms with Crippen LogP contribution < -0.4 is 5.11 Å². The molecule has 0 aliphatic carbocycles. The van der Waals surface area contributed by atoms with Gasteiger partial charge in [-0.2, -0.15) is 0 Å². The molecule has 0 radical (unpaired) electrons. The van der Waals surface area contributed by atoms with Gasteiger partial charge in [0.05, 0.1) is 6.26 Å². The monoisotopic (exact) mass is 696 g/mol. The van der Waals surface area contributed by atoms with E-state index in [-0.39, 0.29) is 16.2 Å². The van der Waals surface area contributed by atoms with Crippen LogP contribution in [0.15, 0.2) is 126 Å². The summed E-state index contributed by atoms with van der Waals surface area (Å²) in [5.74, 6) is 0. The number of para-hydroxylation sites is 1. The zero-order valence-electron chi connectivity index (χ0n) is 27.5. The van der Waals surface area contributed by atoms with Gasteiger partial charge in [0.1, 0.15) is 5.58 Å². The summed E-state index contributed by atoms with van der Waals surface area (Å²) in [5, 5.41) is 9.46. The van der Waals surface area contributed by atoms with Crippen molar-refractivity contribution < 1.29 is 14.3 Å². The largest absolute Gasteiger partial charge is 0.554 e. The summed E-state index contributed by atoms with van der Waals surface area (Å²) in [4.78, 5) is 8.25. The Morgan fingerprint density at radius 3 is 1.25 bits per heavy atom. The van der Waals surface area contributed by atoms with Gasteiger partial charge in [-0.15, -0.1) is 0 Å². The zero-order chi connectivity index (χ0) is 32.2. The number of carbonyl (C=O) groups is 1. The summed E-state index contributed by atoms with van der Waals surface area (Å²) in [6, 6.07) is 41.6. The predicted octanol–water partition coefficient (Wildman–Crippen LogP) is 9.52. The van der Waals surface area contributed by atoms with E-state index in [2.05, 4.69) is 139 Å². The fraction of sp³-hybridized carbons (Fsp3) is 0.325. The Balaban J connectivity index is 0.000000335. The van der Waals surface area contributed by atoms with Gasteiger partial charge in [-0.3, -0.25) is 0 Å². The molecule has 4 aromatic carbocycles. The van der Waals surface area contributed by atoms with Gasteiger partial charge in [-0.05, 0) is 18.6 Å². The van der Waals surface area contributed by atoms with E-state index in [9.17, 15) is 0 Å². The van der Waals surface area contributed by atoms with E-state index < -0.39 is 26.2 Å². The third kappa shape index (κ3) is 10.1. The molecule has 0 N–H and O–H groups in total. The van der Waals surface area contributed by atoms with Crippen LogP contribution in [0.5, 0.6) is 0 Å². The Kier molecular flexibility index (Phi) is 12.9. The number of fused-ring (bicyclic) bond motifs is 1. The molecule has 1 heterocycles. The fourth-order valence-electron chi connectivity index (χ4n) is 6.15. The number of aryl methyl sites for hydroxylation is 1. The van der Waals surface area contributed by atoms with Crippen molar-refractivity contribution in [2.75, 3.05) is 0 Å². The first-order valence-corrected chi connectivity index (χ1v) is 21.4. The second-order valence-corrected chi connectivity index (χ2v) is 20.8. The van der Waals surface area contributed by atoms with Crippen LogP contribution in [0.4, 0.5) is 0 Å². The Morgan fingerprint density at radius 2 is 0.909 bits per heavy atom. The molecule has 0 aliphatic rings. The van der Waals surface area contributed by atoms with Gasteiger partial charge in [-0.1, -0.05) is 18.2 Å². The van der Waals surface area contributed by atoms with Gasteiger partial charge >= 0.3 is 199 Å². The van der Waals surface area contributed by atoms with E-state index in [1.807, 2.05) is 25.1 Å². The summed E-state index contributed by atoms with van der Waals surface area (Å²) in [6.45, 7) is 16.3. The molecule has 0 bridgehead atoms. The second-order valence-electron chi connectivity index (χ2n) is 13.5. The maximum atomic E-state index is 8.25. The number of carbonyl (C=O) groups excluding carboxylic acids is 1. The van der Waals surface area contributed by atoms with Crippen molar-refractivity contribution in [1.29, 1.82) is 0 Å². The molecule has 0 atom stereocenters. The van der Waals surface area contributed by atoms with E-state index in [0.29, 0.717) is 0 Å². The number of hydrogen-bond acceptors (Lipinski definition) is 3. The topological polar surface area (TPSA) is 53.3 Å². The number of hydrogen-bond donors (Lipinski definition) is 0. The van der Waals surface area contributed by atoms with Crippen LogP contribution in [0.25, 0.3) is 11.0 Å². The molecule has 0 spiro atoms. The van der Waals surface area contributed by atoms with Crippen LogP contribution in [0, 0.1) is 6.92 Å². The maximum Gasteiger partial charge on any atom is 0.134 e. The number of rotatable bonds is 9. The average molecular weight is 696 g/mol. The van der Waals surface area contributed by atoms with Gasteiger partial charge < -0.3 is 14.3 Å². The zero-order valence-corrected chi connectivity index (χ0v) is 30.3. The molecule has 230 valence electrons. The molecular formula is C40H48O3Sn. The Morgan fingerprint density at radius 1 is 0.591 bits per heavy atom. The first kappa shape index (κ1) is 35.2. The molecule has 0 saturated carbocycles. The van der Waals surface area contributed by atoms with Crippen molar-refractivity contribution in [2.24, 2.45) is 0 Å². The van der Waals surface area contributed by atoms with Crippen LogP contribution in [0.2, 0.25) is 13.3 Å². The molecule has 5 aromatic rings. The number of benzene rings is 4. The molecule has 4 heteroatoms. The molecular weight excluding hydrogens is 647 g/mol. The quantitative estimate of drug-likeness (QED) is 0.114. The van der Waals surface area contributed by atoms with Crippen LogP contribution in [-0.2, 0) is 21.0 Å². The van der Waals surface area contributed by atoms with E-state index >= 15 is 0 Å². The van der Waals surface area contributed by atoms with Gasteiger partial charge in [0, 0.05) is 11.9 Å². The van der Waals surface area contributed by atoms with Gasteiger partial charge in [0.25, 0.3) is 0 Å². The molecule has 1 aromatic heterocycles. The van der Waals surface area contributed by atoms with Crippen LogP contribution in [-0.4, -0.2) is 26.2 Å². The summed E-state index contributed by atoms with van der Waals surface area (Å²) in [6.07, 6.45) is 1.78. The molecule has 0 aliphatic heterocycles. The third-order valence-electron chi connectivity index (χ3n) is 8.42. The van der Waals surface area contributed by atoms with E-state index in [1.54, 1.807) is 6.26 Å². The molecule has 0 amide bonds. The molecule has 0 saturated heterocycles. The van der Waals surface area contributed by atoms with Crippen molar-refractivity contribution in [1.82, 2.24) is 0 Å². The summed E-state index contributed by atoms with van der Waals surface area (Å²) in [7, 11) is 0. The molecule has 5 rings (SSSR count). The summed E-state index contributed by atoms with van der Waals surface area (Å²) in [5.41, 5.74) is 7.34. The first-order valence-electron chi connectivity index (χ1n) is 15.4. The minimum atomic E-state index is -1.84. The smallest absolute Gasteiger partial charge is 0.134 e.